The van der Waals surface area contributed by atoms with E-state index in [-0.39, 0.29) is 34.6 Å². The lowest BCUT2D eigenvalue weighted by Crippen LogP contribution is -2.57. The van der Waals surface area contributed by atoms with Gasteiger partial charge in [0.2, 0.25) is 5.82 Å². The number of sulfone groups is 1. The molecule has 0 N–H and O–H groups in total. The standard InChI is InChI=1S/C22H26F2N4O5S/c1-22(2,3)33-21(29)28-13-5-6-14(28)11-27(10-13)19-18(24)20(26-12-25-19)32-17-8-7-15(9-16(17)23)34(4,30)31/h7-9,12-14H,5-6,10-11H2,1-4H3. The number of carbonyl (C=O) groups excluding carboxylic acids is 1. The Morgan fingerprint density at radius 2 is 1.76 bits per heavy atom. The van der Waals surface area contributed by atoms with E-state index < -0.39 is 33.0 Å². The third-order valence-electron chi connectivity index (χ3n) is 5.66. The minimum absolute atomic E-state index is 0.0149. The number of halogens is 2. The number of amides is 1. The number of carbonyl (C=O) groups is 1. The first-order valence-electron chi connectivity index (χ1n) is 10.8. The topological polar surface area (TPSA) is 102 Å². The molecule has 2 fully saturated rings. The fourth-order valence-corrected chi connectivity index (χ4v) is 4.86. The Morgan fingerprint density at radius 3 is 2.32 bits per heavy atom. The normalized spacial score (nSPS) is 20.4. The van der Waals surface area contributed by atoms with Crippen LogP contribution in [0.3, 0.4) is 0 Å². The molecule has 3 heterocycles. The molecule has 2 unspecified atom stereocenters. The van der Waals surface area contributed by atoms with Gasteiger partial charge < -0.3 is 14.4 Å². The highest BCUT2D eigenvalue weighted by Crippen LogP contribution is 2.36. The van der Waals surface area contributed by atoms with Crippen molar-refractivity contribution in [2.45, 2.75) is 56.2 Å². The highest BCUT2D eigenvalue weighted by Gasteiger charge is 2.45. The molecule has 4 rings (SSSR count). The van der Waals surface area contributed by atoms with Crippen LogP contribution in [0.5, 0.6) is 11.6 Å². The van der Waals surface area contributed by atoms with Crippen molar-refractivity contribution < 1.29 is 31.5 Å². The van der Waals surface area contributed by atoms with Crippen LogP contribution < -0.4 is 9.64 Å². The second kappa shape index (κ2) is 8.64. The molecule has 2 aliphatic heterocycles. The van der Waals surface area contributed by atoms with Gasteiger partial charge >= 0.3 is 6.09 Å². The Labute approximate surface area is 196 Å². The van der Waals surface area contributed by atoms with E-state index >= 15 is 4.39 Å². The van der Waals surface area contributed by atoms with Crippen LogP contribution in [-0.2, 0) is 14.6 Å². The van der Waals surface area contributed by atoms with Gasteiger partial charge in [0.15, 0.2) is 27.2 Å². The molecule has 1 aromatic carbocycles. The molecule has 2 bridgehead atoms. The molecule has 2 aromatic rings. The molecule has 0 saturated carbocycles. The average molecular weight is 497 g/mol. The van der Waals surface area contributed by atoms with E-state index in [4.69, 9.17) is 9.47 Å². The van der Waals surface area contributed by atoms with E-state index in [1.807, 2.05) is 0 Å². The number of hydrogen-bond donors (Lipinski definition) is 0. The second-order valence-electron chi connectivity index (χ2n) is 9.46. The largest absolute Gasteiger partial charge is 0.444 e. The van der Waals surface area contributed by atoms with Crippen LogP contribution in [-0.4, -0.2) is 66.4 Å². The Kier molecular flexibility index (Phi) is 6.13. The number of benzene rings is 1. The Morgan fingerprint density at radius 1 is 1.12 bits per heavy atom. The summed E-state index contributed by atoms with van der Waals surface area (Å²) in [6.45, 7) is 6.11. The van der Waals surface area contributed by atoms with Crippen molar-refractivity contribution in [3.05, 3.63) is 36.2 Å². The lowest BCUT2D eigenvalue weighted by molar-refractivity contribution is 0.0122. The first kappa shape index (κ1) is 24.1. The molecule has 2 aliphatic rings. The summed E-state index contributed by atoms with van der Waals surface area (Å²) < 4.78 is 63.7. The highest BCUT2D eigenvalue weighted by atomic mass is 32.2. The van der Waals surface area contributed by atoms with Crippen molar-refractivity contribution in [3.63, 3.8) is 0 Å². The highest BCUT2D eigenvalue weighted by molar-refractivity contribution is 7.90. The van der Waals surface area contributed by atoms with Gasteiger partial charge in [-0.1, -0.05) is 0 Å². The van der Waals surface area contributed by atoms with E-state index in [1.165, 1.54) is 6.07 Å². The van der Waals surface area contributed by atoms with Crippen LogP contribution in [0.15, 0.2) is 29.4 Å². The van der Waals surface area contributed by atoms with Gasteiger partial charge in [-0.3, -0.25) is 4.90 Å². The van der Waals surface area contributed by atoms with Crippen molar-refractivity contribution >= 4 is 21.7 Å². The molecule has 2 atom stereocenters. The summed E-state index contributed by atoms with van der Waals surface area (Å²) in [5, 5.41) is 0. The third-order valence-corrected chi connectivity index (χ3v) is 6.77. The molecular formula is C22H26F2N4O5S. The molecule has 0 radical (unpaired) electrons. The summed E-state index contributed by atoms with van der Waals surface area (Å²) in [6.07, 6.45) is 3.19. The summed E-state index contributed by atoms with van der Waals surface area (Å²) >= 11 is 0. The quantitative estimate of drug-likeness (QED) is 0.634. The maximum absolute atomic E-state index is 15.3. The van der Waals surface area contributed by atoms with Crippen LogP contribution in [0.2, 0.25) is 0 Å². The molecule has 0 aliphatic carbocycles. The second-order valence-corrected chi connectivity index (χ2v) is 11.5. The zero-order chi connectivity index (χ0) is 24.8. The van der Waals surface area contributed by atoms with Gasteiger partial charge in [0, 0.05) is 19.3 Å². The number of hydrogen-bond acceptors (Lipinski definition) is 8. The summed E-state index contributed by atoms with van der Waals surface area (Å²) in [7, 11) is -3.61. The van der Waals surface area contributed by atoms with Crippen LogP contribution in [0.25, 0.3) is 0 Å². The molecule has 2 saturated heterocycles. The molecule has 0 spiro atoms. The van der Waals surface area contributed by atoms with Crippen LogP contribution >= 0.6 is 0 Å². The lowest BCUT2D eigenvalue weighted by atomic mass is 10.2. The van der Waals surface area contributed by atoms with Gasteiger partial charge in [-0.2, -0.15) is 9.37 Å². The van der Waals surface area contributed by atoms with Crippen LogP contribution in [0, 0.1) is 11.6 Å². The number of anilines is 1. The minimum Gasteiger partial charge on any atom is -0.444 e. The molecule has 12 heteroatoms. The first-order valence-corrected chi connectivity index (χ1v) is 12.7. The van der Waals surface area contributed by atoms with Gasteiger partial charge in [0.05, 0.1) is 17.0 Å². The zero-order valence-corrected chi connectivity index (χ0v) is 20.1. The Balaban J connectivity index is 1.53. The summed E-state index contributed by atoms with van der Waals surface area (Å²) in [5.74, 6) is -2.71. The van der Waals surface area contributed by atoms with Gasteiger partial charge in [0.1, 0.15) is 11.9 Å². The Hall–Kier alpha value is -3.02. The smallest absolute Gasteiger partial charge is 0.410 e. The summed E-state index contributed by atoms with van der Waals surface area (Å²) in [6, 6.07) is 2.76. The predicted octanol–water partition coefficient (Wildman–Crippen LogP) is 3.54. The maximum atomic E-state index is 15.3. The fourth-order valence-electron chi connectivity index (χ4n) is 4.22. The van der Waals surface area contributed by atoms with E-state index in [0.29, 0.717) is 13.1 Å². The van der Waals surface area contributed by atoms with Gasteiger partial charge in [-0.25, -0.2) is 22.6 Å². The number of nitrogens with zero attached hydrogens (tertiary/aromatic N) is 4. The predicted molar refractivity (Wildman–Crippen MR) is 119 cm³/mol. The maximum Gasteiger partial charge on any atom is 0.410 e. The van der Waals surface area contributed by atoms with Crippen molar-refractivity contribution in [2.75, 3.05) is 24.2 Å². The van der Waals surface area contributed by atoms with Crippen LogP contribution in [0.4, 0.5) is 19.4 Å². The van der Waals surface area contributed by atoms with Crippen LogP contribution in [0.1, 0.15) is 33.6 Å². The molecule has 1 amide bonds. The fraction of sp³-hybridized carbons (Fsp3) is 0.500. The van der Waals surface area contributed by atoms with Crippen molar-refractivity contribution in [3.8, 4) is 11.6 Å². The SMILES string of the molecule is CC(C)(C)OC(=O)N1C2CCC1CN(c1ncnc(Oc3ccc(S(C)(=O)=O)cc3F)c1F)C2. The average Bonchev–Trinajstić information content (AvgIpc) is 2.99. The summed E-state index contributed by atoms with van der Waals surface area (Å²) in [4.78, 5) is 23.7. The molecule has 34 heavy (non-hydrogen) atoms. The number of fused-ring (bicyclic) bond motifs is 2. The monoisotopic (exact) mass is 496 g/mol. The molecule has 1 aromatic heterocycles. The third kappa shape index (κ3) is 4.91. The summed E-state index contributed by atoms with van der Waals surface area (Å²) in [5.41, 5.74) is -0.618. The molecule has 9 nitrogen and oxygen atoms in total. The van der Waals surface area contributed by atoms with Gasteiger partial charge in [0.25, 0.3) is 5.88 Å². The van der Waals surface area contributed by atoms with Crippen molar-refractivity contribution in [1.29, 1.82) is 0 Å². The number of aromatic nitrogens is 2. The van der Waals surface area contributed by atoms with Crippen molar-refractivity contribution in [1.82, 2.24) is 14.9 Å². The number of piperazine rings is 1. The molecule has 184 valence electrons. The number of ether oxygens (including phenoxy) is 2. The van der Waals surface area contributed by atoms with Crippen molar-refractivity contribution in [2.24, 2.45) is 0 Å². The van der Waals surface area contributed by atoms with Gasteiger partial charge in [-0.15, -0.1) is 0 Å². The zero-order valence-electron chi connectivity index (χ0n) is 19.3. The van der Waals surface area contributed by atoms with E-state index in [1.54, 1.807) is 30.6 Å². The minimum atomic E-state index is -3.61. The van der Waals surface area contributed by atoms with E-state index in [9.17, 15) is 17.6 Å². The Bertz CT molecular complexity index is 1200. The van der Waals surface area contributed by atoms with Gasteiger partial charge in [-0.05, 0) is 51.8 Å². The molecular weight excluding hydrogens is 470 g/mol. The van der Waals surface area contributed by atoms with E-state index in [2.05, 4.69) is 9.97 Å². The van der Waals surface area contributed by atoms with E-state index in [0.717, 1.165) is 37.6 Å². The number of rotatable bonds is 4. The lowest BCUT2D eigenvalue weighted by Gasteiger charge is -2.41. The first-order chi connectivity index (χ1) is 15.8.